The summed E-state index contributed by atoms with van der Waals surface area (Å²) >= 11 is 0. The summed E-state index contributed by atoms with van der Waals surface area (Å²) in [6, 6.07) is 19.1. The minimum absolute atomic E-state index is 0.0265. The molecule has 4 heteroatoms. The number of ketones is 2. The fourth-order valence-electron chi connectivity index (χ4n) is 2.00. The molecule has 0 aliphatic rings. The molecule has 28 heavy (non-hydrogen) atoms. The van der Waals surface area contributed by atoms with E-state index in [-0.39, 0.29) is 23.1 Å². The fourth-order valence-corrected chi connectivity index (χ4v) is 2.00. The van der Waals surface area contributed by atoms with Crippen LogP contribution < -0.4 is 0 Å². The van der Waals surface area contributed by atoms with Crippen molar-refractivity contribution in [2.75, 3.05) is 0 Å². The third-order valence-corrected chi connectivity index (χ3v) is 3.19. The standard InChI is InChI=1S/2C12H12O2/c2*1-10(13)9-12(14)8-7-11-5-3-2-4-6-11/h2*2-9,14H,1H3/b2*8-7+,12-9-. The maximum Gasteiger partial charge on any atom is 0.156 e. The van der Waals surface area contributed by atoms with Gasteiger partial charge in [-0.2, -0.15) is 0 Å². The van der Waals surface area contributed by atoms with Gasteiger partial charge >= 0.3 is 0 Å². The highest BCUT2D eigenvalue weighted by molar-refractivity contribution is 5.88. The van der Waals surface area contributed by atoms with E-state index in [4.69, 9.17) is 0 Å². The summed E-state index contributed by atoms with van der Waals surface area (Å²) in [5.41, 5.74) is 1.96. The predicted octanol–water partition coefficient (Wildman–Crippen LogP) is 5.46. The number of carbonyl (C=O) groups is 2. The molecule has 2 rings (SSSR count). The van der Waals surface area contributed by atoms with Crippen LogP contribution in [-0.2, 0) is 9.59 Å². The zero-order valence-electron chi connectivity index (χ0n) is 15.9. The van der Waals surface area contributed by atoms with Crippen LogP contribution in [0.2, 0.25) is 0 Å². The second kappa shape index (κ2) is 12.7. The van der Waals surface area contributed by atoms with Crippen molar-refractivity contribution in [3.05, 3.63) is 108 Å². The Kier molecular flexibility index (Phi) is 10.1. The van der Waals surface area contributed by atoms with Crippen LogP contribution in [0.5, 0.6) is 0 Å². The zero-order valence-corrected chi connectivity index (χ0v) is 15.9. The first-order valence-corrected chi connectivity index (χ1v) is 8.65. The third-order valence-electron chi connectivity index (χ3n) is 3.19. The Hall–Kier alpha value is -3.66. The summed E-state index contributed by atoms with van der Waals surface area (Å²) in [5, 5.41) is 18.5. The smallest absolute Gasteiger partial charge is 0.156 e. The van der Waals surface area contributed by atoms with Crippen LogP contribution in [0.3, 0.4) is 0 Å². The van der Waals surface area contributed by atoms with Gasteiger partial charge in [-0.05, 0) is 37.1 Å². The molecule has 0 saturated carbocycles. The minimum atomic E-state index is -0.166. The molecule has 2 aromatic carbocycles. The molecular formula is C24H24O4. The molecule has 144 valence electrons. The molecule has 0 heterocycles. The lowest BCUT2D eigenvalue weighted by atomic mass is 10.2. The van der Waals surface area contributed by atoms with Crippen molar-refractivity contribution in [3.8, 4) is 0 Å². The molecular weight excluding hydrogens is 352 g/mol. The van der Waals surface area contributed by atoms with Gasteiger partial charge < -0.3 is 10.2 Å². The molecule has 0 amide bonds. The molecule has 2 aromatic rings. The van der Waals surface area contributed by atoms with Crippen molar-refractivity contribution in [2.45, 2.75) is 13.8 Å². The SMILES string of the molecule is CC(=O)/C=C(O)/C=C/c1ccccc1.CC(=O)/C=C(O)/C=C/c1ccccc1. The average molecular weight is 376 g/mol. The number of aliphatic hydroxyl groups is 2. The molecule has 0 aliphatic carbocycles. The van der Waals surface area contributed by atoms with Crippen LogP contribution in [0.1, 0.15) is 25.0 Å². The normalized spacial score (nSPS) is 11.9. The van der Waals surface area contributed by atoms with Crippen molar-refractivity contribution >= 4 is 23.7 Å². The van der Waals surface area contributed by atoms with E-state index >= 15 is 0 Å². The van der Waals surface area contributed by atoms with E-state index in [0.29, 0.717) is 0 Å². The van der Waals surface area contributed by atoms with Crippen molar-refractivity contribution in [1.82, 2.24) is 0 Å². The fraction of sp³-hybridized carbons (Fsp3) is 0.0833. The lowest BCUT2D eigenvalue weighted by Crippen LogP contribution is -1.84. The molecule has 0 aromatic heterocycles. The van der Waals surface area contributed by atoms with Crippen LogP contribution in [-0.4, -0.2) is 21.8 Å². The van der Waals surface area contributed by atoms with Crippen molar-refractivity contribution in [2.24, 2.45) is 0 Å². The molecule has 2 N–H and O–H groups in total. The lowest BCUT2D eigenvalue weighted by Gasteiger charge is -1.91. The van der Waals surface area contributed by atoms with Gasteiger partial charge in [0.2, 0.25) is 0 Å². The summed E-state index contributed by atoms with van der Waals surface area (Å²) in [4.78, 5) is 21.2. The summed E-state index contributed by atoms with van der Waals surface area (Å²) in [6.45, 7) is 2.79. The maximum absolute atomic E-state index is 10.6. The second-order valence-electron chi connectivity index (χ2n) is 5.85. The number of rotatable bonds is 6. The molecule has 0 fully saturated rings. The topological polar surface area (TPSA) is 74.6 Å². The molecule has 0 radical (unpaired) electrons. The van der Waals surface area contributed by atoms with E-state index in [1.807, 2.05) is 60.7 Å². The first-order chi connectivity index (χ1) is 13.4. The van der Waals surface area contributed by atoms with Gasteiger partial charge in [0, 0.05) is 12.2 Å². The van der Waals surface area contributed by atoms with Crippen molar-refractivity contribution < 1.29 is 19.8 Å². The van der Waals surface area contributed by atoms with Gasteiger partial charge in [-0.1, -0.05) is 72.8 Å². The first kappa shape index (κ1) is 22.4. The monoisotopic (exact) mass is 376 g/mol. The largest absolute Gasteiger partial charge is 0.508 e. The highest BCUT2D eigenvalue weighted by atomic mass is 16.3. The predicted molar refractivity (Wildman–Crippen MR) is 114 cm³/mol. The van der Waals surface area contributed by atoms with Gasteiger partial charge in [-0.15, -0.1) is 0 Å². The molecule has 0 spiro atoms. The maximum atomic E-state index is 10.6. The molecule has 4 nitrogen and oxygen atoms in total. The van der Waals surface area contributed by atoms with E-state index in [1.165, 1.54) is 38.2 Å². The van der Waals surface area contributed by atoms with Gasteiger partial charge in [0.15, 0.2) is 11.6 Å². The Morgan fingerprint density at radius 2 is 0.964 bits per heavy atom. The van der Waals surface area contributed by atoms with Gasteiger partial charge in [0.25, 0.3) is 0 Å². The lowest BCUT2D eigenvalue weighted by molar-refractivity contribution is -0.113. The number of aliphatic hydroxyl groups excluding tert-OH is 2. The van der Waals surface area contributed by atoms with E-state index in [0.717, 1.165) is 11.1 Å². The van der Waals surface area contributed by atoms with Crippen LogP contribution >= 0.6 is 0 Å². The van der Waals surface area contributed by atoms with Crippen molar-refractivity contribution in [3.63, 3.8) is 0 Å². The molecule has 0 unspecified atom stereocenters. The van der Waals surface area contributed by atoms with E-state index in [1.54, 1.807) is 12.2 Å². The van der Waals surface area contributed by atoms with Crippen LogP contribution in [0.15, 0.2) is 96.5 Å². The molecule has 0 saturated heterocycles. The van der Waals surface area contributed by atoms with Crippen molar-refractivity contribution in [1.29, 1.82) is 0 Å². The summed E-state index contributed by atoms with van der Waals surface area (Å²) in [5.74, 6) is -0.386. The summed E-state index contributed by atoms with van der Waals surface area (Å²) < 4.78 is 0. The van der Waals surface area contributed by atoms with E-state index in [9.17, 15) is 19.8 Å². The highest BCUT2D eigenvalue weighted by Gasteiger charge is 1.90. The Balaban J connectivity index is 0.000000280. The quantitative estimate of drug-likeness (QED) is 0.399. The van der Waals surface area contributed by atoms with Crippen LogP contribution in [0.4, 0.5) is 0 Å². The van der Waals surface area contributed by atoms with Gasteiger partial charge in [-0.3, -0.25) is 9.59 Å². The number of carbonyl (C=O) groups excluding carboxylic acids is 2. The Labute approximate surface area is 165 Å². The third kappa shape index (κ3) is 11.1. The number of benzene rings is 2. The summed E-state index contributed by atoms with van der Waals surface area (Å²) in [7, 11) is 0. The molecule has 0 bridgehead atoms. The average Bonchev–Trinajstić information content (AvgIpc) is 2.66. The highest BCUT2D eigenvalue weighted by Crippen LogP contribution is 2.04. The zero-order chi connectivity index (χ0) is 20.8. The van der Waals surface area contributed by atoms with Gasteiger partial charge in [0.1, 0.15) is 11.5 Å². The Bertz CT molecular complexity index is 798. The van der Waals surface area contributed by atoms with Crippen LogP contribution in [0.25, 0.3) is 12.2 Å². The number of hydrogen-bond donors (Lipinski definition) is 2. The van der Waals surface area contributed by atoms with E-state index in [2.05, 4.69) is 0 Å². The Morgan fingerprint density at radius 3 is 1.25 bits per heavy atom. The molecule has 0 atom stereocenters. The summed E-state index contributed by atoms with van der Waals surface area (Å²) in [6.07, 6.45) is 8.84. The first-order valence-electron chi connectivity index (χ1n) is 8.65. The minimum Gasteiger partial charge on any atom is -0.508 e. The number of allylic oxidation sites excluding steroid dienone is 4. The van der Waals surface area contributed by atoms with Gasteiger partial charge in [-0.25, -0.2) is 0 Å². The second-order valence-corrected chi connectivity index (χ2v) is 5.85. The number of hydrogen-bond acceptors (Lipinski definition) is 4. The van der Waals surface area contributed by atoms with E-state index < -0.39 is 0 Å². The van der Waals surface area contributed by atoms with Gasteiger partial charge in [0.05, 0.1) is 0 Å². The Morgan fingerprint density at radius 1 is 0.643 bits per heavy atom. The van der Waals surface area contributed by atoms with Crippen LogP contribution in [0, 0.1) is 0 Å². The molecule has 0 aliphatic heterocycles.